The molecule has 2 aliphatic rings. The zero-order valence-electron chi connectivity index (χ0n) is 20.5. The van der Waals surface area contributed by atoms with Crippen molar-refractivity contribution in [3.63, 3.8) is 0 Å². The first-order valence-corrected chi connectivity index (χ1v) is 12.0. The Kier molecular flexibility index (Phi) is 6.60. The number of rotatable bonds is 5. The first kappa shape index (κ1) is 23.4. The van der Waals surface area contributed by atoms with E-state index in [1.165, 1.54) is 12.8 Å². The fourth-order valence-electron chi connectivity index (χ4n) is 4.94. The van der Waals surface area contributed by atoms with E-state index < -0.39 is 0 Å². The number of anilines is 1. The van der Waals surface area contributed by atoms with E-state index >= 15 is 0 Å². The van der Waals surface area contributed by atoms with Crippen LogP contribution in [0.3, 0.4) is 0 Å². The lowest BCUT2D eigenvalue weighted by atomic mass is 9.81. The second-order valence-electron chi connectivity index (χ2n) is 8.74. The Morgan fingerprint density at radius 3 is 2.59 bits per heavy atom. The largest absolute Gasteiger partial charge is 0.383 e. The third kappa shape index (κ3) is 3.90. The van der Waals surface area contributed by atoms with Gasteiger partial charge >= 0.3 is 0 Å². The normalized spacial score (nSPS) is 19.2. The molecule has 0 saturated heterocycles. The number of nitrogens with two attached hydrogens (primary N) is 1. The van der Waals surface area contributed by atoms with Crippen molar-refractivity contribution in [3.8, 4) is 11.1 Å². The summed E-state index contributed by atoms with van der Waals surface area (Å²) in [6.07, 6.45) is 16.1. The predicted octanol–water partition coefficient (Wildman–Crippen LogP) is 7.80. The predicted molar refractivity (Wildman–Crippen MR) is 147 cm³/mol. The zero-order chi connectivity index (χ0) is 24.4. The van der Waals surface area contributed by atoms with E-state index in [-0.39, 0.29) is 0 Å². The summed E-state index contributed by atoms with van der Waals surface area (Å²) in [5.41, 5.74) is 13.8. The van der Waals surface area contributed by atoms with E-state index in [2.05, 4.69) is 72.7 Å². The van der Waals surface area contributed by atoms with Crippen LogP contribution in [0.15, 0.2) is 86.5 Å². The van der Waals surface area contributed by atoms with Crippen molar-refractivity contribution >= 4 is 28.5 Å². The van der Waals surface area contributed by atoms with E-state index in [0.29, 0.717) is 11.9 Å². The van der Waals surface area contributed by atoms with Gasteiger partial charge in [0.15, 0.2) is 0 Å². The lowest BCUT2D eigenvalue weighted by Crippen LogP contribution is -2.23. The standard InChI is InChI=1S/C28H28N4.C2H6/c1-5-7-22(6-2)31-13-11-20-8-9-21(16-24(20)19(31)4)25-17-32(23-14-18(3)15-23)26-10-12-30-28(29)27(25)26;1-2/h5-13,16-18,23H,1-2,4,14-15H2,3H3,(H2,29,30);1-2H3/b22-7+;. The molecule has 0 unspecified atom stereocenters. The minimum absolute atomic E-state index is 0.522. The summed E-state index contributed by atoms with van der Waals surface area (Å²) in [4.78, 5) is 6.43. The SMILES string of the molecule is C=C/C=C(\C=C)N1C=Cc2ccc(-c3cn(C4CC(C)C4)c4ccnc(N)c34)cc2C1=C.CC. The number of nitrogen functional groups attached to an aromatic ring is 1. The average Bonchev–Trinajstić information content (AvgIpc) is 3.23. The molecule has 1 aliphatic heterocycles. The highest BCUT2D eigenvalue weighted by Crippen LogP contribution is 2.44. The highest BCUT2D eigenvalue weighted by molar-refractivity contribution is 6.03. The molecule has 1 aliphatic carbocycles. The van der Waals surface area contributed by atoms with Gasteiger partial charge in [0.2, 0.25) is 0 Å². The Morgan fingerprint density at radius 1 is 1.15 bits per heavy atom. The molecule has 1 fully saturated rings. The summed E-state index contributed by atoms with van der Waals surface area (Å²) >= 11 is 0. The fourth-order valence-corrected chi connectivity index (χ4v) is 4.94. The molecule has 0 bridgehead atoms. The van der Waals surface area contributed by atoms with Crippen LogP contribution in [-0.4, -0.2) is 14.5 Å². The number of pyridine rings is 1. The molecule has 174 valence electrons. The van der Waals surface area contributed by atoms with E-state index in [9.17, 15) is 0 Å². The molecule has 4 nitrogen and oxygen atoms in total. The summed E-state index contributed by atoms with van der Waals surface area (Å²) < 4.78 is 2.39. The smallest absolute Gasteiger partial charge is 0.133 e. The Labute approximate surface area is 203 Å². The first-order valence-electron chi connectivity index (χ1n) is 12.0. The number of hydrogen-bond acceptors (Lipinski definition) is 3. The van der Waals surface area contributed by atoms with Gasteiger partial charge in [-0.05, 0) is 60.2 Å². The average molecular weight is 451 g/mol. The Morgan fingerprint density at radius 2 is 1.91 bits per heavy atom. The van der Waals surface area contributed by atoms with Crippen molar-refractivity contribution in [1.82, 2.24) is 14.5 Å². The summed E-state index contributed by atoms with van der Waals surface area (Å²) in [5, 5.41) is 1.03. The van der Waals surface area contributed by atoms with Crippen molar-refractivity contribution in [2.24, 2.45) is 5.92 Å². The molecule has 1 aromatic carbocycles. The maximum atomic E-state index is 6.38. The molecule has 4 heteroatoms. The summed E-state index contributed by atoms with van der Waals surface area (Å²) in [5.74, 6) is 1.34. The van der Waals surface area contributed by atoms with Crippen LogP contribution in [-0.2, 0) is 0 Å². The molecule has 2 N–H and O–H groups in total. The highest BCUT2D eigenvalue weighted by Gasteiger charge is 2.29. The van der Waals surface area contributed by atoms with Crippen molar-refractivity contribution in [1.29, 1.82) is 0 Å². The molecule has 0 spiro atoms. The monoisotopic (exact) mass is 450 g/mol. The van der Waals surface area contributed by atoms with Crippen molar-refractivity contribution in [3.05, 3.63) is 97.6 Å². The molecule has 34 heavy (non-hydrogen) atoms. The first-order chi connectivity index (χ1) is 16.5. The van der Waals surface area contributed by atoms with Gasteiger partial charge in [0.05, 0.1) is 5.52 Å². The molecule has 0 amide bonds. The summed E-state index contributed by atoms with van der Waals surface area (Å²) in [7, 11) is 0. The van der Waals surface area contributed by atoms with Gasteiger partial charge < -0.3 is 15.2 Å². The van der Waals surface area contributed by atoms with Crippen LogP contribution >= 0.6 is 0 Å². The molecule has 1 saturated carbocycles. The van der Waals surface area contributed by atoms with Gasteiger partial charge in [-0.15, -0.1) is 0 Å². The van der Waals surface area contributed by atoms with Crippen LogP contribution in [0.1, 0.15) is 50.8 Å². The second-order valence-corrected chi connectivity index (χ2v) is 8.74. The number of aromatic nitrogens is 2. The molecule has 3 heterocycles. The van der Waals surface area contributed by atoms with Crippen molar-refractivity contribution in [2.45, 2.75) is 39.7 Å². The number of nitrogens with zero attached hydrogens (tertiary/aromatic N) is 3. The topological polar surface area (TPSA) is 47.1 Å². The third-order valence-corrected chi connectivity index (χ3v) is 6.66. The number of hydrogen-bond donors (Lipinski definition) is 1. The van der Waals surface area contributed by atoms with Crippen LogP contribution in [0.25, 0.3) is 33.8 Å². The van der Waals surface area contributed by atoms with Gasteiger partial charge in [0.1, 0.15) is 5.82 Å². The van der Waals surface area contributed by atoms with Crippen molar-refractivity contribution in [2.75, 3.05) is 5.73 Å². The molecule has 0 radical (unpaired) electrons. The van der Waals surface area contributed by atoms with Crippen molar-refractivity contribution < 1.29 is 0 Å². The summed E-state index contributed by atoms with van der Waals surface area (Å²) in [6, 6.07) is 9.12. The Bertz CT molecular complexity index is 1320. The maximum Gasteiger partial charge on any atom is 0.133 e. The molecular formula is C30H34N4. The quantitative estimate of drug-likeness (QED) is 0.403. The van der Waals surface area contributed by atoms with Crippen LogP contribution in [0.4, 0.5) is 5.82 Å². The molecule has 0 atom stereocenters. The third-order valence-electron chi connectivity index (χ3n) is 6.66. The highest BCUT2D eigenvalue weighted by atomic mass is 15.1. The Balaban J connectivity index is 0.00000133. The number of benzene rings is 1. The van der Waals surface area contributed by atoms with Gasteiger partial charge in [-0.25, -0.2) is 4.98 Å². The maximum absolute atomic E-state index is 6.38. The van der Waals surface area contributed by atoms with Crippen LogP contribution in [0, 0.1) is 5.92 Å². The van der Waals surface area contributed by atoms with Gasteiger partial charge in [0.25, 0.3) is 0 Å². The van der Waals surface area contributed by atoms with E-state index in [4.69, 9.17) is 5.73 Å². The Hall–Kier alpha value is -3.79. The van der Waals surface area contributed by atoms with E-state index in [1.54, 1.807) is 12.3 Å². The minimum Gasteiger partial charge on any atom is -0.383 e. The molecule has 3 aromatic rings. The van der Waals surface area contributed by atoms with Gasteiger partial charge in [0, 0.05) is 52.5 Å². The fraction of sp³-hybridized carbons (Fsp3) is 0.233. The second kappa shape index (κ2) is 9.60. The number of allylic oxidation sites excluding steroid dienone is 3. The van der Waals surface area contributed by atoms with Crippen LogP contribution in [0.5, 0.6) is 0 Å². The zero-order valence-corrected chi connectivity index (χ0v) is 20.5. The number of fused-ring (bicyclic) bond motifs is 2. The van der Waals surface area contributed by atoms with Gasteiger partial charge in [-0.3, -0.25) is 0 Å². The van der Waals surface area contributed by atoms with Crippen LogP contribution in [0.2, 0.25) is 0 Å². The van der Waals surface area contributed by atoms with Gasteiger partial charge in [-0.1, -0.05) is 58.7 Å². The lowest BCUT2D eigenvalue weighted by molar-refractivity contribution is 0.221. The molecule has 2 aromatic heterocycles. The van der Waals surface area contributed by atoms with Crippen LogP contribution < -0.4 is 5.73 Å². The minimum atomic E-state index is 0.522. The molecular weight excluding hydrogens is 416 g/mol. The lowest BCUT2D eigenvalue weighted by Gasteiger charge is -2.34. The van der Waals surface area contributed by atoms with E-state index in [1.807, 2.05) is 37.1 Å². The van der Waals surface area contributed by atoms with Gasteiger partial charge in [-0.2, -0.15) is 0 Å². The van der Waals surface area contributed by atoms with E-state index in [0.717, 1.165) is 50.5 Å². The summed E-state index contributed by atoms with van der Waals surface area (Å²) in [6.45, 7) is 18.4. The molecule has 5 rings (SSSR count).